The van der Waals surface area contributed by atoms with Crippen molar-refractivity contribution in [2.24, 2.45) is 0 Å². The van der Waals surface area contributed by atoms with Crippen LogP contribution in [0.2, 0.25) is 0 Å². The first-order valence-electron chi connectivity index (χ1n) is 11.3. The Kier molecular flexibility index (Phi) is 5.68. The molecular weight excluding hydrogens is 418 g/mol. The number of hydrogen-bond donors (Lipinski definition) is 0. The van der Waals surface area contributed by atoms with Gasteiger partial charge in [-0.25, -0.2) is 4.63 Å². The van der Waals surface area contributed by atoms with E-state index in [2.05, 4.69) is 51.3 Å². The molecule has 170 valence electrons. The topological polar surface area (TPSA) is 82.8 Å². The van der Waals surface area contributed by atoms with Crippen LogP contribution in [0, 0.1) is 6.92 Å². The van der Waals surface area contributed by atoms with Crippen molar-refractivity contribution in [3.8, 4) is 0 Å². The van der Waals surface area contributed by atoms with Crippen LogP contribution in [0.4, 0.5) is 5.69 Å². The molecule has 2 aliphatic heterocycles. The molecule has 0 bridgehead atoms. The molecule has 0 spiro atoms. The number of carbonyl (C=O) groups is 2. The summed E-state index contributed by atoms with van der Waals surface area (Å²) in [6, 6.07) is 16.1. The van der Waals surface area contributed by atoms with Crippen molar-refractivity contribution in [2.75, 3.05) is 37.6 Å². The van der Waals surface area contributed by atoms with E-state index in [1.807, 2.05) is 18.2 Å². The Morgan fingerprint density at radius 1 is 0.939 bits per heavy atom. The van der Waals surface area contributed by atoms with Crippen molar-refractivity contribution in [3.05, 3.63) is 76.6 Å². The number of hydrogen-bond acceptors (Lipinski definition) is 7. The molecule has 2 amide bonds. The predicted octanol–water partition coefficient (Wildman–Crippen LogP) is 3.10. The first-order chi connectivity index (χ1) is 16.0. The average molecular weight is 446 g/mol. The maximum absolute atomic E-state index is 13.3. The largest absolute Gasteiger partial charge is 0.368 e. The summed E-state index contributed by atoms with van der Waals surface area (Å²) in [5, 5.41) is 7.58. The van der Waals surface area contributed by atoms with Crippen molar-refractivity contribution < 1.29 is 14.2 Å². The first-order valence-corrected chi connectivity index (χ1v) is 11.3. The second-order valence-electron chi connectivity index (χ2n) is 8.79. The number of rotatable bonds is 6. The molecule has 5 rings (SSSR count). The van der Waals surface area contributed by atoms with Gasteiger partial charge in [0.1, 0.15) is 11.4 Å². The fourth-order valence-corrected chi connectivity index (χ4v) is 4.71. The van der Waals surface area contributed by atoms with Gasteiger partial charge in [0.25, 0.3) is 11.8 Å². The summed E-state index contributed by atoms with van der Waals surface area (Å²) in [6.07, 6.45) is 0. The van der Waals surface area contributed by atoms with Crippen molar-refractivity contribution in [2.45, 2.75) is 26.3 Å². The van der Waals surface area contributed by atoms with E-state index in [-0.39, 0.29) is 18.4 Å². The zero-order valence-electron chi connectivity index (χ0n) is 18.9. The van der Waals surface area contributed by atoms with E-state index in [4.69, 9.17) is 4.63 Å². The number of fused-ring (bicyclic) bond motifs is 1. The van der Waals surface area contributed by atoms with Gasteiger partial charge in [-0.1, -0.05) is 53.6 Å². The minimum Gasteiger partial charge on any atom is -0.368 e. The standard InChI is InChI=1S/C25H27N5O3/c1-17(19-7-4-3-5-8-19)15-28-11-13-29(14-12-28)22-10-6-9-20-23(22)25(32)30(24(20)31)16-21-18(2)26-33-27-21/h3-10,17H,11-16H2,1-2H3. The zero-order valence-corrected chi connectivity index (χ0v) is 18.9. The van der Waals surface area contributed by atoms with Gasteiger partial charge >= 0.3 is 0 Å². The summed E-state index contributed by atoms with van der Waals surface area (Å²) < 4.78 is 4.73. The van der Waals surface area contributed by atoms with Crippen LogP contribution in [0.15, 0.2) is 53.2 Å². The lowest BCUT2D eigenvalue weighted by Crippen LogP contribution is -2.47. The maximum Gasteiger partial charge on any atom is 0.264 e. The lowest BCUT2D eigenvalue weighted by Gasteiger charge is -2.37. The molecule has 33 heavy (non-hydrogen) atoms. The molecule has 1 aromatic heterocycles. The van der Waals surface area contributed by atoms with Crippen LogP contribution in [0.3, 0.4) is 0 Å². The number of aromatic nitrogens is 2. The minimum absolute atomic E-state index is 0.0618. The van der Waals surface area contributed by atoms with Crippen LogP contribution < -0.4 is 4.90 Å². The van der Waals surface area contributed by atoms with E-state index in [1.165, 1.54) is 10.5 Å². The third-order valence-corrected chi connectivity index (χ3v) is 6.64. The molecule has 1 fully saturated rings. The maximum atomic E-state index is 13.3. The Balaban J connectivity index is 1.28. The molecule has 1 atom stereocenters. The van der Waals surface area contributed by atoms with E-state index in [9.17, 15) is 9.59 Å². The quantitative estimate of drug-likeness (QED) is 0.539. The third-order valence-electron chi connectivity index (χ3n) is 6.64. The highest BCUT2D eigenvalue weighted by Crippen LogP contribution is 2.33. The predicted molar refractivity (Wildman–Crippen MR) is 123 cm³/mol. The molecule has 0 N–H and O–H groups in total. The Morgan fingerprint density at radius 3 is 2.39 bits per heavy atom. The molecule has 8 heteroatoms. The van der Waals surface area contributed by atoms with Gasteiger partial charge in [0.2, 0.25) is 0 Å². The van der Waals surface area contributed by atoms with Gasteiger partial charge in [0, 0.05) is 32.7 Å². The van der Waals surface area contributed by atoms with Gasteiger partial charge in [-0.3, -0.25) is 19.4 Å². The van der Waals surface area contributed by atoms with E-state index >= 15 is 0 Å². The molecule has 2 aliphatic rings. The summed E-state index contributed by atoms with van der Waals surface area (Å²) in [7, 11) is 0. The monoisotopic (exact) mass is 445 g/mol. The molecule has 8 nitrogen and oxygen atoms in total. The number of aryl methyl sites for hydroxylation is 1. The molecule has 3 heterocycles. The molecule has 2 aromatic carbocycles. The summed E-state index contributed by atoms with van der Waals surface area (Å²) in [6.45, 7) is 8.52. The highest BCUT2D eigenvalue weighted by atomic mass is 16.6. The van der Waals surface area contributed by atoms with E-state index in [0.29, 0.717) is 28.4 Å². The number of imide groups is 1. The second kappa shape index (κ2) is 8.78. The highest BCUT2D eigenvalue weighted by Gasteiger charge is 2.39. The number of piperazine rings is 1. The van der Waals surface area contributed by atoms with Gasteiger partial charge in [0.15, 0.2) is 0 Å². The number of carbonyl (C=O) groups excluding carboxylic acids is 2. The van der Waals surface area contributed by atoms with Crippen LogP contribution in [-0.2, 0) is 6.54 Å². The molecule has 0 aliphatic carbocycles. The van der Waals surface area contributed by atoms with Crippen LogP contribution in [-0.4, -0.2) is 64.7 Å². The number of anilines is 1. The molecule has 3 aromatic rings. The average Bonchev–Trinajstić information content (AvgIpc) is 3.36. The summed E-state index contributed by atoms with van der Waals surface area (Å²) in [5.41, 5.74) is 4.19. The normalized spacial score (nSPS) is 17.5. The first kappa shape index (κ1) is 21.3. The highest BCUT2D eigenvalue weighted by molar-refractivity contribution is 6.23. The fraction of sp³-hybridized carbons (Fsp3) is 0.360. The summed E-state index contributed by atoms with van der Waals surface area (Å²) >= 11 is 0. The zero-order chi connectivity index (χ0) is 22.9. The van der Waals surface area contributed by atoms with Gasteiger partial charge in [-0.05, 0) is 30.5 Å². The van der Waals surface area contributed by atoms with Gasteiger partial charge in [0.05, 0.1) is 23.4 Å². The molecule has 1 saturated heterocycles. The molecule has 0 radical (unpaired) electrons. The van der Waals surface area contributed by atoms with Gasteiger partial charge in [-0.15, -0.1) is 0 Å². The van der Waals surface area contributed by atoms with Crippen molar-refractivity contribution in [1.29, 1.82) is 0 Å². The lowest BCUT2D eigenvalue weighted by atomic mass is 10.0. The lowest BCUT2D eigenvalue weighted by molar-refractivity contribution is 0.0639. The van der Waals surface area contributed by atoms with E-state index < -0.39 is 0 Å². The summed E-state index contributed by atoms with van der Waals surface area (Å²) in [4.78, 5) is 32.2. The van der Waals surface area contributed by atoms with Crippen molar-refractivity contribution >= 4 is 17.5 Å². The second-order valence-corrected chi connectivity index (χ2v) is 8.79. The Bertz CT molecular complexity index is 1170. The number of amides is 2. The SMILES string of the molecule is Cc1nonc1CN1C(=O)c2cccc(N3CCN(CC(C)c4ccccc4)CC3)c2C1=O. The van der Waals surface area contributed by atoms with Crippen LogP contribution in [0.5, 0.6) is 0 Å². The Labute approximate surface area is 192 Å². The molecular formula is C25H27N5O3. The van der Waals surface area contributed by atoms with E-state index in [0.717, 1.165) is 38.4 Å². The third kappa shape index (κ3) is 4.02. The van der Waals surface area contributed by atoms with Crippen molar-refractivity contribution in [3.63, 3.8) is 0 Å². The van der Waals surface area contributed by atoms with Gasteiger partial charge in [-0.2, -0.15) is 0 Å². The smallest absolute Gasteiger partial charge is 0.264 e. The Hall–Kier alpha value is -3.52. The minimum atomic E-state index is -0.297. The fourth-order valence-electron chi connectivity index (χ4n) is 4.71. The summed E-state index contributed by atoms with van der Waals surface area (Å²) in [5.74, 6) is -0.122. The van der Waals surface area contributed by atoms with Crippen molar-refractivity contribution in [1.82, 2.24) is 20.1 Å². The Morgan fingerprint density at radius 2 is 1.70 bits per heavy atom. The number of nitrogens with zero attached hydrogens (tertiary/aromatic N) is 5. The van der Waals surface area contributed by atoms with Gasteiger partial charge < -0.3 is 4.90 Å². The van der Waals surface area contributed by atoms with Crippen LogP contribution in [0.1, 0.15) is 50.5 Å². The van der Waals surface area contributed by atoms with Crippen LogP contribution >= 0.6 is 0 Å². The van der Waals surface area contributed by atoms with Crippen LogP contribution in [0.25, 0.3) is 0 Å². The molecule has 0 saturated carbocycles. The molecule has 1 unspecified atom stereocenters. The van der Waals surface area contributed by atoms with E-state index in [1.54, 1.807) is 13.0 Å². The number of benzene rings is 2.